The quantitative estimate of drug-likeness (QED) is 0.640. The fourth-order valence-corrected chi connectivity index (χ4v) is 2.86. The molecule has 1 aliphatic rings. The van der Waals surface area contributed by atoms with Crippen LogP contribution in [-0.2, 0) is 17.8 Å². The van der Waals surface area contributed by atoms with E-state index in [0.717, 1.165) is 6.42 Å². The van der Waals surface area contributed by atoms with Crippen molar-refractivity contribution in [1.29, 1.82) is 0 Å². The highest BCUT2D eigenvalue weighted by atomic mass is 16.6. The second-order valence-electron chi connectivity index (χ2n) is 5.90. The minimum atomic E-state index is -0.481. The highest BCUT2D eigenvalue weighted by Crippen LogP contribution is 2.21. The first-order valence-corrected chi connectivity index (χ1v) is 7.73. The van der Waals surface area contributed by atoms with Gasteiger partial charge in [0.1, 0.15) is 0 Å². The van der Waals surface area contributed by atoms with E-state index in [2.05, 4.69) is 12.1 Å². The number of nitro benzene ring substituents is 1. The molecule has 6 heteroatoms. The van der Waals surface area contributed by atoms with Gasteiger partial charge in [-0.15, -0.1) is 0 Å². The third-order valence-electron chi connectivity index (χ3n) is 4.19. The number of non-ortho nitro benzene ring substituents is 1. The molecule has 0 aromatic heterocycles. The van der Waals surface area contributed by atoms with Crippen molar-refractivity contribution in [2.45, 2.75) is 19.1 Å². The van der Waals surface area contributed by atoms with E-state index in [-0.39, 0.29) is 17.7 Å². The number of nitrogens with zero attached hydrogens (tertiary/aromatic N) is 2. The molecular weight excluding hydrogens is 308 g/mol. The number of carbonyl (C=O) groups excluding carboxylic acids is 1. The zero-order valence-corrected chi connectivity index (χ0v) is 13.3. The zero-order valence-electron chi connectivity index (χ0n) is 13.3. The summed E-state index contributed by atoms with van der Waals surface area (Å²) in [7, 11) is 1.72. The second-order valence-corrected chi connectivity index (χ2v) is 5.90. The molecule has 0 aliphatic carbocycles. The van der Waals surface area contributed by atoms with Crippen LogP contribution in [-0.4, -0.2) is 35.4 Å². The fraction of sp³-hybridized carbons (Fsp3) is 0.278. The van der Waals surface area contributed by atoms with Gasteiger partial charge in [0.2, 0.25) is 0 Å². The number of hydrogen-bond donors (Lipinski definition) is 0. The van der Waals surface area contributed by atoms with Crippen LogP contribution in [0.3, 0.4) is 0 Å². The lowest BCUT2D eigenvalue weighted by molar-refractivity contribution is -0.384. The Bertz CT molecular complexity index is 758. The van der Waals surface area contributed by atoms with E-state index in [1.165, 1.54) is 35.4 Å². The summed E-state index contributed by atoms with van der Waals surface area (Å²) >= 11 is 0. The molecule has 2 aromatic carbocycles. The summed E-state index contributed by atoms with van der Waals surface area (Å²) in [6.45, 7) is 1.03. The van der Waals surface area contributed by atoms with Crippen LogP contribution >= 0.6 is 0 Å². The topological polar surface area (TPSA) is 72.7 Å². The monoisotopic (exact) mass is 326 g/mol. The molecule has 0 N–H and O–H groups in total. The molecule has 1 atom stereocenters. The number of ether oxygens (including phenoxy) is 1. The molecule has 1 aliphatic heterocycles. The first-order chi connectivity index (χ1) is 11.5. The van der Waals surface area contributed by atoms with Crippen LogP contribution in [0.4, 0.5) is 5.69 Å². The van der Waals surface area contributed by atoms with Crippen LogP contribution in [0.5, 0.6) is 0 Å². The predicted molar refractivity (Wildman–Crippen MR) is 88.8 cm³/mol. The van der Waals surface area contributed by atoms with E-state index in [1.54, 1.807) is 11.9 Å². The van der Waals surface area contributed by atoms with Gasteiger partial charge in [-0.3, -0.25) is 14.9 Å². The number of hydrogen-bond acceptors (Lipinski definition) is 4. The van der Waals surface area contributed by atoms with Crippen molar-refractivity contribution in [3.05, 3.63) is 75.3 Å². The number of likely N-dealkylation sites (N-methyl/N-ethyl adjacent to an activating group) is 1. The maximum Gasteiger partial charge on any atom is 0.269 e. The van der Waals surface area contributed by atoms with Gasteiger partial charge in [0.25, 0.3) is 11.6 Å². The molecule has 1 unspecified atom stereocenters. The normalized spacial score (nSPS) is 16.3. The maximum absolute atomic E-state index is 12.4. The highest BCUT2D eigenvalue weighted by Gasteiger charge is 2.22. The van der Waals surface area contributed by atoms with Gasteiger partial charge in [-0.25, -0.2) is 0 Å². The maximum atomic E-state index is 12.4. The van der Waals surface area contributed by atoms with Crippen molar-refractivity contribution in [3.8, 4) is 0 Å². The van der Waals surface area contributed by atoms with E-state index < -0.39 is 4.92 Å². The molecule has 0 bridgehead atoms. The molecule has 3 rings (SSSR count). The number of fused-ring (bicyclic) bond motifs is 1. The lowest BCUT2D eigenvalue weighted by Crippen LogP contribution is -2.38. The van der Waals surface area contributed by atoms with Gasteiger partial charge in [-0.1, -0.05) is 24.3 Å². The summed E-state index contributed by atoms with van der Waals surface area (Å²) in [6.07, 6.45) is 0.723. The van der Waals surface area contributed by atoms with Crippen molar-refractivity contribution >= 4 is 11.6 Å². The largest absolute Gasteiger partial charge is 0.371 e. The summed E-state index contributed by atoms with van der Waals surface area (Å²) in [5, 5.41) is 10.7. The standard InChI is InChI=1S/C18H18N2O4/c1-19(18(21)13-6-8-16(9-7-13)20(22)23)11-17-10-14-4-2-3-5-15(14)12-24-17/h2-9,17H,10-12H2,1H3. The highest BCUT2D eigenvalue weighted by molar-refractivity contribution is 5.94. The van der Waals surface area contributed by atoms with E-state index in [1.807, 2.05) is 12.1 Å². The van der Waals surface area contributed by atoms with E-state index >= 15 is 0 Å². The molecule has 1 amide bonds. The van der Waals surface area contributed by atoms with Gasteiger partial charge in [-0.05, 0) is 23.3 Å². The molecule has 0 radical (unpaired) electrons. The Morgan fingerprint density at radius 2 is 1.88 bits per heavy atom. The smallest absolute Gasteiger partial charge is 0.269 e. The third kappa shape index (κ3) is 3.44. The van der Waals surface area contributed by atoms with E-state index in [4.69, 9.17) is 4.74 Å². The first-order valence-electron chi connectivity index (χ1n) is 7.73. The Morgan fingerprint density at radius 1 is 1.21 bits per heavy atom. The summed E-state index contributed by atoms with van der Waals surface area (Å²) in [6, 6.07) is 13.8. The lowest BCUT2D eigenvalue weighted by Gasteiger charge is -2.29. The lowest BCUT2D eigenvalue weighted by atomic mass is 9.99. The van der Waals surface area contributed by atoms with Gasteiger partial charge in [0, 0.05) is 37.7 Å². The van der Waals surface area contributed by atoms with Gasteiger partial charge >= 0.3 is 0 Å². The minimum Gasteiger partial charge on any atom is -0.371 e. The SMILES string of the molecule is CN(CC1Cc2ccccc2CO1)C(=O)c1ccc([N+](=O)[O-])cc1. The van der Waals surface area contributed by atoms with Crippen LogP contribution in [0.15, 0.2) is 48.5 Å². The number of benzene rings is 2. The van der Waals surface area contributed by atoms with Crippen molar-refractivity contribution in [2.24, 2.45) is 0 Å². The Morgan fingerprint density at radius 3 is 2.54 bits per heavy atom. The van der Waals surface area contributed by atoms with Gasteiger partial charge in [-0.2, -0.15) is 0 Å². The summed E-state index contributed by atoms with van der Waals surface area (Å²) in [4.78, 5) is 24.2. The van der Waals surface area contributed by atoms with Gasteiger partial charge < -0.3 is 9.64 Å². The van der Waals surface area contributed by atoms with Gasteiger partial charge in [0.15, 0.2) is 0 Å². The Kier molecular flexibility index (Phi) is 4.57. The molecule has 0 saturated carbocycles. The van der Waals surface area contributed by atoms with Crippen LogP contribution in [0.1, 0.15) is 21.5 Å². The molecular formula is C18H18N2O4. The predicted octanol–water partition coefficient (Wildman–Crippen LogP) is 2.81. The summed E-state index contributed by atoms with van der Waals surface area (Å²) in [5.74, 6) is -0.174. The average Bonchev–Trinajstić information content (AvgIpc) is 2.61. The second kappa shape index (κ2) is 6.80. The molecule has 0 fully saturated rings. The Balaban J connectivity index is 1.63. The van der Waals surface area contributed by atoms with E-state index in [9.17, 15) is 14.9 Å². The molecule has 24 heavy (non-hydrogen) atoms. The average molecular weight is 326 g/mol. The molecule has 1 heterocycles. The van der Waals surface area contributed by atoms with Crippen molar-refractivity contribution in [1.82, 2.24) is 4.90 Å². The van der Waals surface area contributed by atoms with E-state index in [0.29, 0.717) is 18.7 Å². The number of carbonyl (C=O) groups is 1. The van der Waals surface area contributed by atoms with Crippen LogP contribution in [0.25, 0.3) is 0 Å². The van der Waals surface area contributed by atoms with Crippen LogP contribution in [0, 0.1) is 10.1 Å². The molecule has 124 valence electrons. The molecule has 6 nitrogen and oxygen atoms in total. The van der Waals surface area contributed by atoms with Gasteiger partial charge in [0.05, 0.1) is 17.6 Å². The van der Waals surface area contributed by atoms with Crippen molar-refractivity contribution in [2.75, 3.05) is 13.6 Å². The summed E-state index contributed by atoms with van der Waals surface area (Å²) < 4.78 is 5.83. The van der Waals surface area contributed by atoms with Crippen molar-refractivity contribution in [3.63, 3.8) is 0 Å². The Hall–Kier alpha value is -2.73. The summed E-state index contributed by atoms with van der Waals surface area (Å²) in [5.41, 5.74) is 2.85. The molecule has 2 aromatic rings. The fourth-order valence-electron chi connectivity index (χ4n) is 2.86. The third-order valence-corrected chi connectivity index (χ3v) is 4.19. The minimum absolute atomic E-state index is 0.0265. The van der Waals surface area contributed by atoms with Crippen LogP contribution in [0.2, 0.25) is 0 Å². The van der Waals surface area contributed by atoms with Crippen LogP contribution < -0.4 is 0 Å². The number of rotatable bonds is 4. The number of nitro groups is 1. The number of amides is 1. The first kappa shape index (κ1) is 16.1. The molecule has 0 spiro atoms. The Labute approximate surface area is 139 Å². The molecule has 0 saturated heterocycles. The zero-order chi connectivity index (χ0) is 17.1. The van der Waals surface area contributed by atoms with Crippen molar-refractivity contribution < 1.29 is 14.5 Å².